The summed E-state index contributed by atoms with van der Waals surface area (Å²) >= 11 is 5.36. The Kier molecular flexibility index (Phi) is 9.26. The molecule has 4 aliphatic rings. The highest BCUT2D eigenvalue weighted by atomic mass is 79.9. The zero-order valence-electron chi connectivity index (χ0n) is 22.8. The van der Waals surface area contributed by atoms with E-state index >= 15 is 0 Å². The fourth-order valence-corrected chi connectivity index (χ4v) is 10.5. The number of carbonyl (C=O) groups excluding carboxylic acids is 3. The summed E-state index contributed by atoms with van der Waals surface area (Å²) in [7, 11) is 0. The molecule has 4 fully saturated rings. The van der Waals surface area contributed by atoms with Crippen LogP contribution in [0.15, 0.2) is 43.0 Å². The monoisotopic (exact) mass is 635 g/mol. The number of benzene rings is 1. The quantitative estimate of drug-likeness (QED) is 0.224. The van der Waals surface area contributed by atoms with Gasteiger partial charge in [0, 0.05) is 42.8 Å². The Morgan fingerprint density at radius 2 is 2.05 bits per heavy atom. The van der Waals surface area contributed by atoms with Crippen LogP contribution >= 0.6 is 27.7 Å². The average molecular weight is 637 g/mol. The van der Waals surface area contributed by atoms with Gasteiger partial charge in [0.1, 0.15) is 6.04 Å². The summed E-state index contributed by atoms with van der Waals surface area (Å²) < 4.78 is 10.1. The Balaban J connectivity index is 1.54. The molecule has 11 heteroatoms. The van der Waals surface area contributed by atoms with Crippen LogP contribution in [0.3, 0.4) is 0 Å². The van der Waals surface area contributed by atoms with Gasteiger partial charge in [-0.05, 0) is 18.9 Å². The highest BCUT2D eigenvalue weighted by Gasteiger charge is 2.76. The van der Waals surface area contributed by atoms with Gasteiger partial charge in [0.25, 0.3) is 0 Å². The Labute approximate surface area is 248 Å². The maximum atomic E-state index is 14.7. The number of hydrogen-bond acceptors (Lipinski definition) is 8. The molecule has 4 saturated heterocycles. The highest BCUT2D eigenvalue weighted by Crippen LogP contribution is 2.68. The Morgan fingerprint density at radius 1 is 1.32 bits per heavy atom. The van der Waals surface area contributed by atoms with E-state index < -0.39 is 34.6 Å². The summed E-state index contributed by atoms with van der Waals surface area (Å²) in [5, 5.41) is 10.5. The maximum absolute atomic E-state index is 14.7. The molecule has 1 spiro atoms. The topological polar surface area (TPSA) is 99.6 Å². The van der Waals surface area contributed by atoms with Crippen molar-refractivity contribution in [1.29, 1.82) is 0 Å². The first-order valence-corrected chi connectivity index (χ1v) is 15.8. The van der Waals surface area contributed by atoms with Gasteiger partial charge in [-0.15, -0.1) is 18.3 Å². The molecule has 1 aromatic carbocycles. The second-order valence-corrected chi connectivity index (χ2v) is 13.5. The van der Waals surface area contributed by atoms with Crippen LogP contribution in [0, 0.1) is 11.8 Å². The number of carbonyl (C=O) groups is 3. The minimum Gasteiger partial charge on any atom is -0.466 e. The molecule has 40 heavy (non-hydrogen) atoms. The lowest BCUT2D eigenvalue weighted by Crippen LogP contribution is -2.57. The number of amides is 2. The molecular formula is C29H38BrN3O6S. The first-order chi connectivity index (χ1) is 19.4. The first kappa shape index (κ1) is 29.6. The number of rotatable bonds is 11. The van der Waals surface area contributed by atoms with E-state index in [1.54, 1.807) is 34.6 Å². The van der Waals surface area contributed by atoms with E-state index in [-0.39, 0.29) is 35.1 Å². The van der Waals surface area contributed by atoms with Crippen molar-refractivity contribution in [3.63, 3.8) is 0 Å². The van der Waals surface area contributed by atoms with E-state index in [0.29, 0.717) is 39.3 Å². The van der Waals surface area contributed by atoms with Crippen LogP contribution in [0.5, 0.6) is 0 Å². The molecule has 0 radical (unpaired) electrons. The van der Waals surface area contributed by atoms with Crippen LogP contribution in [-0.2, 0) is 23.9 Å². The lowest BCUT2D eigenvalue weighted by molar-refractivity contribution is -0.154. The standard InChI is InChI=1S/C29H38BrN3O6S/c1-3-10-32(12-11-31-13-15-38-16-14-31)27(36)25-29-17-20(30)24(40-29)22(28(37)39-4-2)23(29)26(35)33(25)21(18-34)19-8-6-5-7-9-19/h3,5-9,20-25,34H,1,4,10-18H2,2H3/t20?,21-,22+,23+,24+,25?,29?/m1/s1. The Morgan fingerprint density at radius 3 is 2.70 bits per heavy atom. The number of aliphatic hydroxyl groups is 1. The van der Waals surface area contributed by atoms with Gasteiger partial charge in [0.05, 0.1) is 49.1 Å². The smallest absolute Gasteiger partial charge is 0.310 e. The van der Waals surface area contributed by atoms with Crippen molar-refractivity contribution in [2.75, 3.05) is 59.2 Å². The maximum Gasteiger partial charge on any atom is 0.310 e. The fourth-order valence-electron chi connectivity index (χ4n) is 6.93. The van der Waals surface area contributed by atoms with Crippen molar-refractivity contribution in [1.82, 2.24) is 14.7 Å². The first-order valence-electron chi connectivity index (χ1n) is 14.0. The van der Waals surface area contributed by atoms with E-state index in [1.807, 2.05) is 30.3 Å². The van der Waals surface area contributed by atoms with Crippen LogP contribution in [-0.4, -0.2) is 118 Å². The summed E-state index contributed by atoms with van der Waals surface area (Å²) in [6.45, 7) is 9.98. The number of aliphatic hydroxyl groups excluding tert-OH is 1. The van der Waals surface area contributed by atoms with E-state index in [0.717, 1.165) is 18.7 Å². The zero-order chi connectivity index (χ0) is 28.4. The molecule has 2 amide bonds. The largest absolute Gasteiger partial charge is 0.466 e. The van der Waals surface area contributed by atoms with Crippen LogP contribution in [0.2, 0.25) is 0 Å². The van der Waals surface area contributed by atoms with Crippen LogP contribution in [0.4, 0.5) is 0 Å². The van der Waals surface area contributed by atoms with Crippen molar-refractivity contribution in [2.24, 2.45) is 11.8 Å². The number of nitrogens with zero attached hydrogens (tertiary/aromatic N) is 3. The molecule has 0 saturated carbocycles. The summed E-state index contributed by atoms with van der Waals surface area (Å²) in [4.78, 5) is 48.0. The molecule has 0 aromatic heterocycles. The highest BCUT2D eigenvalue weighted by molar-refractivity contribution is 9.09. The molecule has 0 aliphatic carbocycles. The van der Waals surface area contributed by atoms with Gasteiger partial charge in [-0.25, -0.2) is 0 Å². The number of hydrogen-bond donors (Lipinski definition) is 1. The van der Waals surface area contributed by atoms with Crippen molar-refractivity contribution in [2.45, 2.75) is 40.3 Å². The SMILES string of the molecule is C=CCN(CCN1CCOCC1)C(=O)C1N([C@H](CO)c2ccccc2)C(=O)[C@@H]2[C@H](C(=O)OCC)[C@H]3SC12CC3Br. The third-order valence-electron chi connectivity index (χ3n) is 8.66. The van der Waals surface area contributed by atoms with Crippen LogP contribution < -0.4 is 0 Å². The summed E-state index contributed by atoms with van der Waals surface area (Å²) in [6.07, 6.45) is 2.28. The molecule has 5 rings (SSSR count). The predicted octanol–water partition coefficient (Wildman–Crippen LogP) is 2.09. The number of fused-ring (bicyclic) bond motifs is 1. The van der Waals surface area contributed by atoms with Crippen LogP contribution in [0.1, 0.15) is 24.9 Å². The number of esters is 1. The average Bonchev–Trinajstić information content (AvgIpc) is 3.56. The van der Waals surface area contributed by atoms with Crippen LogP contribution in [0.25, 0.3) is 0 Å². The predicted molar refractivity (Wildman–Crippen MR) is 156 cm³/mol. The molecule has 1 N–H and O–H groups in total. The van der Waals surface area contributed by atoms with E-state index in [4.69, 9.17) is 9.47 Å². The van der Waals surface area contributed by atoms with Gasteiger partial charge in [-0.3, -0.25) is 19.3 Å². The van der Waals surface area contributed by atoms with E-state index in [1.165, 1.54) is 0 Å². The fraction of sp³-hybridized carbons (Fsp3) is 0.621. The van der Waals surface area contributed by atoms with E-state index in [2.05, 4.69) is 27.4 Å². The second kappa shape index (κ2) is 12.5. The number of morpholine rings is 1. The number of halogens is 1. The summed E-state index contributed by atoms with van der Waals surface area (Å²) in [6, 6.07) is 7.75. The van der Waals surface area contributed by atoms with Crippen molar-refractivity contribution in [3.05, 3.63) is 48.6 Å². The lowest BCUT2D eigenvalue weighted by Gasteiger charge is -2.40. The van der Waals surface area contributed by atoms with Crippen molar-refractivity contribution >= 4 is 45.5 Å². The molecule has 3 unspecified atom stereocenters. The number of alkyl halides is 1. The van der Waals surface area contributed by atoms with E-state index in [9.17, 15) is 19.5 Å². The normalized spacial score (nSPS) is 32.1. The van der Waals surface area contributed by atoms with Gasteiger partial charge in [0.15, 0.2) is 0 Å². The van der Waals surface area contributed by atoms with Gasteiger partial charge < -0.3 is 24.4 Å². The van der Waals surface area contributed by atoms with Gasteiger partial charge in [-0.1, -0.05) is 52.3 Å². The third-order valence-corrected chi connectivity index (χ3v) is 11.9. The van der Waals surface area contributed by atoms with Crippen molar-refractivity contribution < 1.29 is 29.0 Å². The molecule has 2 bridgehead atoms. The lowest BCUT2D eigenvalue weighted by atomic mass is 9.71. The molecule has 7 atom stereocenters. The number of ether oxygens (including phenoxy) is 2. The number of thioether (sulfide) groups is 1. The molecule has 1 aromatic rings. The Hall–Kier alpha value is -1.92. The summed E-state index contributed by atoms with van der Waals surface area (Å²) in [5.74, 6) is -2.19. The number of likely N-dealkylation sites (tertiary alicyclic amines) is 1. The minimum atomic E-state index is -0.846. The Bertz CT molecular complexity index is 1100. The molecular weight excluding hydrogens is 598 g/mol. The second-order valence-electron chi connectivity index (χ2n) is 10.8. The third kappa shape index (κ3) is 5.12. The van der Waals surface area contributed by atoms with Crippen molar-refractivity contribution in [3.8, 4) is 0 Å². The molecule has 218 valence electrons. The molecule has 9 nitrogen and oxygen atoms in total. The minimum absolute atomic E-state index is 0.0447. The van der Waals surface area contributed by atoms with Gasteiger partial charge in [-0.2, -0.15) is 0 Å². The van der Waals surface area contributed by atoms with Gasteiger partial charge in [0.2, 0.25) is 11.8 Å². The molecule has 4 aliphatic heterocycles. The zero-order valence-corrected chi connectivity index (χ0v) is 25.2. The summed E-state index contributed by atoms with van der Waals surface area (Å²) in [5.41, 5.74) is 0.749. The van der Waals surface area contributed by atoms with Gasteiger partial charge >= 0.3 is 5.97 Å². The molecule has 4 heterocycles.